The molecule has 1 aromatic carbocycles. The Kier molecular flexibility index (Phi) is 3.02. The van der Waals surface area contributed by atoms with Crippen molar-refractivity contribution in [1.82, 2.24) is 4.90 Å². The highest BCUT2D eigenvalue weighted by Gasteiger charge is 2.38. The molecule has 3 rings (SSSR count). The Morgan fingerprint density at radius 1 is 1.22 bits per heavy atom. The number of piperidine rings is 1. The third-order valence-corrected chi connectivity index (χ3v) is 4.66. The molecule has 0 aliphatic carbocycles. The number of hydrogen-bond donors (Lipinski definition) is 1. The van der Waals surface area contributed by atoms with Gasteiger partial charge in [-0.1, -0.05) is 6.07 Å². The van der Waals surface area contributed by atoms with Crippen molar-refractivity contribution >= 4 is 5.69 Å². The van der Waals surface area contributed by atoms with E-state index in [2.05, 4.69) is 17.3 Å². The second kappa shape index (κ2) is 4.54. The van der Waals surface area contributed by atoms with Gasteiger partial charge in [-0.3, -0.25) is 0 Å². The van der Waals surface area contributed by atoms with E-state index in [1.807, 2.05) is 13.0 Å². The first kappa shape index (κ1) is 12.0. The second-order valence-corrected chi connectivity index (χ2v) is 5.82. The van der Waals surface area contributed by atoms with E-state index >= 15 is 0 Å². The SMILES string of the molecule is Cc1ccc(F)cc1NC1CC2CCC(C1)N2C. The summed E-state index contributed by atoms with van der Waals surface area (Å²) in [6.07, 6.45) is 5.01. The summed E-state index contributed by atoms with van der Waals surface area (Å²) in [5.74, 6) is -0.154. The largest absolute Gasteiger partial charge is 0.382 e. The summed E-state index contributed by atoms with van der Waals surface area (Å²) in [4.78, 5) is 2.52. The lowest BCUT2D eigenvalue weighted by Crippen LogP contribution is -2.44. The van der Waals surface area contributed by atoms with Crippen LogP contribution in [0.15, 0.2) is 18.2 Å². The van der Waals surface area contributed by atoms with Gasteiger partial charge in [0.2, 0.25) is 0 Å². The molecule has 2 nitrogen and oxygen atoms in total. The minimum Gasteiger partial charge on any atom is -0.382 e. The number of benzene rings is 1. The summed E-state index contributed by atoms with van der Waals surface area (Å²) in [5, 5.41) is 3.54. The predicted molar refractivity (Wildman–Crippen MR) is 72.4 cm³/mol. The van der Waals surface area contributed by atoms with Gasteiger partial charge in [0, 0.05) is 23.8 Å². The minimum absolute atomic E-state index is 0.154. The molecule has 2 unspecified atom stereocenters. The number of rotatable bonds is 2. The molecule has 0 radical (unpaired) electrons. The van der Waals surface area contributed by atoms with E-state index in [0.717, 1.165) is 23.3 Å². The van der Waals surface area contributed by atoms with Crippen molar-refractivity contribution in [1.29, 1.82) is 0 Å². The highest BCUT2D eigenvalue weighted by atomic mass is 19.1. The Balaban J connectivity index is 1.72. The molecule has 3 heteroatoms. The Morgan fingerprint density at radius 3 is 2.56 bits per heavy atom. The first-order valence-electron chi connectivity index (χ1n) is 6.88. The average molecular weight is 248 g/mol. The first-order chi connectivity index (χ1) is 8.63. The maximum absolute atomic E-state index is 13.3. The van der Waals surface area contributed by atoms with Crippen molar-refractivity contribution in [2.75, 3.05) is 12.4 Å². The first-order valence-corrected chi connectivity index (χ1v) is 6.88. The van der Waals surface area contributed by atoms with Gasteiger partial charge in [0.25, 0.3) is 0 Å². The molecule has 2 heterocycles. The molecule has 0 amide bonds. The summed E-state index contributed by atoms with van der Waals surface area (Å²) < 4.78 is 13.3. The Labute approximate surface area is 108 Å². The lowest BCUT2D eigenvalue weighted by Gasteiger charge is -2.37. The smallest absolute Gasteiger partial charge is 0.125 e. The van der Waals surface area contributed by atoms with Crippen LogP contribution in [0.3, 0.4) is 0 Å². The highest BCUT2D eigenvalue weighted by Crippen LogP contribution is 2.35. The fourth-order valence-corrected chi connectivity index (χ4v) is 3.50. The average Bonchev–Trinajstić information content (AvgIpc) is 2.58. The van der Waals surface area contributed by atoms with Crippen LogP contribution >= 0.6 is 0 Å². The third-order valence-electron chi connectivity index (χ3n) is 4.66. The molecule has 0 aromatic heterocycles. The number of halogens is 1. The predicted octanol–water partition coefficient (Wildman–Crippen LogP) is 3.17. The van der Waals surface area contributed by atoms with Crippen molar-refractivity contribution in [3.8, 4) is 0 Å². The van der Waals surface area contributed by atoms with Crippen molar-refractivity contribution in [3.05, 3.63) is 29.6 Å². The van der Waals surface area contributed by atoms with Crippen LogP contribution in [0.2, 0.25) is 0 Å². The van der Waals surface area contributed by atoms with Crippen LogP contribution < -0.4 is 5.32 Å². The number of nitrogens with zero attached hydrogens (tertiary/aromatic N) is 1. The fraction of sp³-hybridized carbons (Fsp3) is 0.600. The molecule has 2 bridgehead atoms. The van der Waals surface area contributed by atoms with Gasteiger partial charge in [0.15, 0.2) is 0 Å². The van der Waals surface area contributed by atoms with Gasteiger partial charge in [-0.25, -0.2) is 4.39 Å². The standard InChI is InChI=1S/C15H21FN2/c1-10-3-4-11(16)7-15(10)17-12-8-13-5-6-14(9-12)18(13)2/h3-4,7,12-14,17H,5-6,8-9H2,1-2H3. The van der Waals surface area contributed by atoms with Gasteiger partial charge < -0.3 is 10.2 Å². The van der Waals surface area contributed by atoms with E-state index in [1.165, 1.54) is 31.7 Å². The summed E-state index contributed by atoms with van der Waals surface area (Å²) in [7, 11) is 2.24. The zero-order valence-corrected chi connectivity index (χ0v) is 11.1. The Bertz CT molecular complexity index is 432. The zero-order chi connectivity index (χ0) is 12.7. The van der Waals surface area contributed by atoms with Crippen molar-refractivity contribution in [2.45, 2.75) is 50.7 Å². The van der Waals surface area contributed by atoms with Crippen LogP contribution in [0, 0.1) is 12.7 Å². The van der Waals surface area contributed by atoms with Crippen LogP contribution in [0.5, 0.6) is 0 Å². The molecule has 2 saturated heterocycles. The number of nitrogens with one attached hydrogen (secondary N) is 1. The third kappa shape index (κ3) is 2.12. The molecule has 2 fully saturated rings. The van der Waals surface area contributed by atoms with E-state index in [4.69, 9.17) is 0 Å². The molecule has 2 aliphatic heterocycles. The van der Waals surface area contributed by atoms with E-state index < -0.39 is 0 Å². The molecular weight excluding hydrogens is 227 g/mol. The van der Waals surface area contributed by atoms with E-state index in [9.17, 15) is 4.39 Å². The Hall–Kier alpha value is -1.09. The van der Waals surface area contributed by atoms with E-state index in [-0.39, 0.29) is 5.82 Å². The van der Waals surface area contributed by atoms with Gasteiger partial charge in [-0.05, 0) is 57.4 Å². The molecule has 0 spiro atoms. The van der Waals surface area contributed by atoms with Crippen molar-refractivity contribution in [2.24, 2.45) is 0 Å². The van der Waals surface area contributed by atoms with Gasteiger partial charge in [0.1, 0.15) is 5.82 Å². The van der Waals surface area contributed by atoms with Gasteiger partial charge >= 0.3 is 0 Å². The van der Waals surface area contributed by atoms with Crippen LogP contribution in [0.25, 0.3) is 0 Å². The van der Waals surface area contributed by atoms with E-state index in [0.29, 0.717) is 6.04 Å². The maximum Gasteiger partial charge on any atom is 0.125 e. The molecule has 18 heavy (non-hydrogen) atoms. The monoisotopic (exact) mass is 248 g/mol. The topological polar surface area (TPSA) is 15.3 Å². The normalized spacial score (nSPS) is 31.6. The second-order valence-electron chi connectivity index (χ2n) is 5.82. The van der Waals surface area contributed by atoms with Crippen LogP contribution in [-0.4, -0.2) is 30.1 Å². The van der Waals surface area contributed by atoms with Crippen LogP contribution in [-0.2, 0) is 0 Å². The fourth-order valence-electron chi connectivity index (χ4n) is 3.50. The zero-order valence-electron chi connectivity index (χ0n) is 11.1. The number of fused-ring (bicyclic) bond motifs is 2. The number of aryl methyl sites for hydroxylation is 1. The molecule has 0 saturated carbocycles. The number of anilines is 1. The highest BCUT2D eigenvalue weighted by molar-refractivity contribution is 5.51. The summed E-state index contributed by atoms with van der Waals surface area (Å²) in [5.41, 5.74) is 2.09. The minimum atomic E-state index is -0.154. The van der Waals surface area contributed by atoms with Gasteiger partial charge in [-0.15, -0.1) is 0 Å². The quantitative estimate of drug-likeness (QED) is 0.864. The van der Waals surface area contributed by atoms with Gasteiger partial charge in [0.05, 0.1) is 0 Å². The van der Waals surface area contributed by atoms with Gasteiger partial charge in [-0.2, -0.15) is 0 Å². The summed E-state index contributed by atoms with van der Waals surface area (Å²) >= 11 is 0. The maximum atomic E-state index is 13.3. The van der Waals surface area contributed by atoms with E-state index in [1.54, 1.807) is 6.07 Å². The molecule has 2 atom stereocenters. The lowest BCUT2D eigenvalue weighted by molar-refractivity contribution is 0.169. The number of hydrogen-bond acceptors (Lipinski definition) is 2. The van der Waals surface area contributed by atoms with Crippen molar-refractivity contribution < 1.29 is 4.39 Å². The van der Waals surface area contributed by atoms with Crippen molar-refractivity contribution in [3.63, 3.8) is 0 Å². The molecule has 1 N–H and O–H groups in total. The molecular formula is C15H21FN2. The Morgan fingerprint density at radius 2 is 1.89 bits per heavy atom. The van der Waals surface area contributed by atoms with Crippen LogP contribution in [0.4, 0.5) is 10.1 Å². The summed E-state index contributed by atoms with van der Waals surface area (Å²) in [6, 6.07) is 6.93. The molecule has 1 aromatic rings. The summed E-state index contributed by atoms with van der Waals surface area (Å²) in [6.45, 7) is 2.03. The lowest BCUT2D eigenvalue weighted by atomic mass is 9.97. The molecule has 2 aliphatic rings. The van der Waals surface area contributed by atoms with Crippen LogP contribution in [0.1, 0.15) is 31.2 Å². The molecule has 98 valence electrons.